The van der Waals surface area contributed by atoms with Gasteiger partial charge < -0.3 is 0 Å². The molecule has 5 aromatic carbocycles. The number of benzene rings is 5. The number of hydrogen-bond donors (Lipinski definition) is 0. The van der Waals surface area contributed by atoms with Gasteiger partial charge in [0.15, 0.2) is 5.82 Å². The van der Waals surface area contributed by atoms with E-state index in [0.29, 0.717) is 17.2 Å². The molecule has 0 aliphatic carbocycles. The maximum atomic E-state index is 15.4. The summed E-state index contributed by atoms with van der Waals surface area (Å²) in [6.07, 6.45) is -5.57. The van der Waals surface area contributed by atoms with Gasteiger partial charge in [-0.25, -0.2) is 26.3 Å². The van der Waals surface area contributed by atoms with Gasteiger partial charge in [0.2, 0.25) is 0 Å². The van der Waals surface area contributed by atoms with Crippen LogP contribution in [-0.2, 0) is 12.8 Å². The molecule has 5 aromatic rings. The van der Waals surface area contributed by atoms with E-state index in [4.69, 9.17) is 0 Å². The maximum Gasteiger partial charge on any atom is 0.458 e. The summed E-state index contributed by atoms with van der Waals surface area (Å²) in [5.41, 5.74) is 0.465. The second-order valence-corrected chi connectivity index (χ2v) is 9.54. The first-order valence-electron chi connectivity index (χ1n) is 12.2. The first kappa shape index (κ1) is 28.1. The van der Waals surface area contributed by atoms with Crippen LogP contribution in [-0.4, -0.2) is 6.18 Å². The van der Waals surface area contributed by atoms with Crippen molar-refractivity contribution < 1.29 is 39.5 Å². The van der Waals surface area contributed by atoms with Gasteiger partial charge >= 0.3 is 6.18 Å². The fourth-order valence-electron chi connectivity index (χ4n) is 4.73. The van der Waals surface area contributed by atoms with Gasteiger partial charge in [-0.1, -0.05) is 41.8 Å². The summed E-state index contributed by atoms with van der Waals surface area (Å²) in [5, 5.41) is -1.51. The summed E-state index contributed by atoms with van der Waals surface area (Å²) in [6, 6.07) is 13.4. The van der Waals surface area contributed by atoms with Gasteiger partial charge in [-0.15, -0.1) is 0 Å². The molecule has 0 radical (unpaired) electrons. The van der Waals surface area contributed by atoms with Crippen LogP contribution in [0.15, 0.2) is 60.7 Å². The Hall–Kier alpha value is -4.45. The highest BCUT2D eigenvalue weighted by atomic mass is 19.4. The largest absolute Gasteiger partial charge is 0.458 e. The van der Waals surface area contributed by atoms with Gasteiger partial charge in [0.1, 0.15) is 29.1 Å². The number of fused-ring (bicyclic) bond motifs is 2. The lowest BCUT2D eigenvalue weighted by Crippen LogP contribution is -2.04. The molecule has 0 nitrogen and oxygen atoms in total. The highest BCUT2D eigenvalue weighted by Crippen LogP contribution is 2.33. The quantitative estimate of drug-likeness (QED) is 0.149. The van der Waals surface area contributed by atoms with E-state index in [1.54, 1.807) is 12.1 Å². The van der Waals surface area contributed by atoms with Crippen molar-refractivity contribution in [2.75, 3.05) is 0 Å². The minimum atomic E-state index is -5.02. The molecule has 0 aromatic heterocycles. The van der Waals surface area contributed by atoms with Crippen molar-refractivity contribution in [3.63, 3.8) is 0 Å². The topological polar surface area (TPSA) is 0 Å². The predicted octanol–water partition coefficient (Wildman–Crippen LogP) is 9.50. The molecule has 0 spiro atoms. The summed E-state index contributed by atoms with van der Waals surface area (Å²) in [6.45, 7) is 1.88. The monoisotopic (exact) mass is 572 g/mol. The van der Waals surface area contributed by atoms with Crippen molar-refractivity contribution >= 4 is 21.5 Å². The van der Waals surface area contributed by atoms with Crippen LogP contribution >= 0.6 is 0 Å². The van der Waals surface area contributed by atoms with Crippen molar-refractivity contribution in [2.45, 2.75) is 25.9 Å². The van der Waals surface area contributed by atoms with Crippen molar-refractivity contribution in [2.24, 2.45) is 0 Å². The molecule has 9 heteroatoms. The Morgan fingerprint density at radius 1 is 0.610 bits per heavy atom. The molecule has 0 N–H and O–H groups in total. The van der Waals surface area contributed by atoms with Crippen molar-refractivity contribution in [3.8, 4) is 23.0 Å². The van der Waals surface area contributed by atoms with E-state index < -0.39 is 63.0 Å². The molecule has 0 atom stereocenters. The lowest BCUT2D eigenvalue weighted by atomic mass is 9.95. The molecule has 5 rings (SSSR count). The average molecular weight is 572 g/mol. The summed E-state index contributed by atoms with van der Waals surface area (Å²) in [5.74, 6) is -5.16. The fraction of sp³-hybridized carbons (Fsp3) is 0.125. The molecule has 0 aliphatic heterocycles. The Kier molecular flexibility index (Phi) is 7.20. The summed E-state index contributed by atoms with van der Waals surface area (Å²) in [7, 11) is 0. The van der Waals surface area contributed by atoms with Gasteiger partial charge in [-0.2, -0.15) is 13.2 Å². The van der Waals surface area contributed by atoms with Crippen molar-refractivity contribution in [3.05, 3.63) is 118 Å². The zero-order valence-corrected chi connectivity index (χ0v) is 21.1. The van der Waals surface area contributed by atoms with Crippen LogP contribution in [0.4, 0.5) is 39.5 Å². The first-order valence-corrected chi connectivity index (χ1v) is 12.2. The standard InChI is InChI=1S/C32H17F9/c1-16-2-5-18(6-3-16)19-12-21-15-24(33)22(30(37)29(21)27(36)13-19)7-4-17-10-20-14-25(34)23(8-9-32(39,40)41)31(38)28(20)26(35)11-17/h2-3,5-6,10-15H,4,7H2,1H3. The van der Waals surface area contributed by atoms with Crippen LogP contribution in [0.5, 0.6) is 0 Å². The third-order valence-corrected chi connectivity index (χ3v) is 6.69. The Bertz CT molecular complexity index is 1890. The Morgan fingerprint density at radius 3 is 1.90 bits per heavy atom. The van der Waals surface area contributed by atoms with Crippen LogP contribution in [0, 0.1) is 53.7 Å². The van der Waals surface area contributed by atoms with Gasteiger partial charge in [0.25, 0.3) is 0 Å². The fourth-order valence-corrected chi connectivity index (χ4v) is 4.73. The number of halogens is 9. The van der Waals surface area contributed by atoms with Crippen LogP contribution in [0.1, 0.15) is 22.3 Å². The molecule has 0 unspecified atom stereocenters. The van der Waals surface area contributed by atoms with Crippen molar-refractivity contribution in [1.29, 1.82) is 0 Å². The molecule has 0 bridgehead atoms. The molecular weight excluding hydrogens is 555 g/mol. The molecule has 41 heavy (non-hydrogen) atoms. The van der Waals surface area contributed by atoms with E-state index in [1.165, 1.54) is 12.0 Å². The smallest absolute Gasteiger partial charge is 0.207 e. The lowest BCUT2D eigenvalue weighted by Gasteiger charge is -2.12. The Balaban J connectivity index is 1.48. The molecule has 0 amide bonds. The third kappa shape index (κ3) is 5.60. The third-order valence-electron chi connectivity index (χ3n) is 6.69. The van der Waals surface area contributed by atoms with E-state index in [2.05, 4.69) is 0 Å². The first-order chi connectivity index (χ1) is 19.3. The van der Waals surface area contributed by atoms with E-state index in [1.807, 2.05) is 19.1 Å². The van der Waals surface area contributed by atoms with Gasteiger partial charge in [0.05, 0.1) is 16.3 Å². The number of aryl methyl sites for hydroxylation is 2. The summed E-state index contributed by atoms with van der Waals surface area (Å²) >= 11 is 0. The van der Waals surface area contributed by atoms with Gasteiger partial charge in [-0.05, 0) is 77.6 Å². The van der Waals surface area contributed by atoms with Gasteiger partial charge in [0, 0.05) is 11.5 Å². The zero-order valence-electron chi connectivity index (χ0n) is 21.1. The van der Waals surface area contributed by atoms with Gasteiger partial charge in [-0.3, -0.25) is 0 Å². The average Bonchev–Trinajstić information content (AvgIpc) is 2.87. The number of rotatable bonds is 4. The second-order valence-electron chi connectivity index (χ2n) is 9.54. The SMILES string of the molecule is Cc1ccc(-c2cc(F)c3c(F)c(CCc4cc(F)c5c(F)c(C#CC(F)(F)F)c(F)cc5c4)c(F)cc3c2)cc1. The van der Waals surface area contributed by atoms with Crippen LogP contribution in [0.25, 0.3) is 32.7 Å². The Morgan fingerprint density at radius 2 is 1.22 bits per heavy atom. The normalized spacial score (nSPS) is 11.7. The number of hydrogen-bond acceptors (Lipinski definition) is 0. The molecule has 208 valence electrons. The predicted molar refractivity (Wildman–Crippen MR) is 138 cm³/mol. The highest BCUT2D eigenvalue weighted by molar-refractivity contribution is 5.89. The molecule has 0 fully saturated rings. The summed E-state index contributed by atoms with van der Waals surface area (Å²) in [4.78, 5) is 0. The second kappa shape index (κ2) is 10.5. The minimum absolute atomic E-state index is 0.00597. The van der Waals surface area contributed by atoms with Crippen molar-refractivity contribution in [1.82, 2.24) is 0 Å². The van der Waals surface area contributed by atoms with Crippen LogP contribution < -0.4 is 0 Å². The van der Waals surface area contributed by atoms with E-state index >= 15 is 13.2 Å². The zero-order chi connectivity index (χ0) is 29.6. The molecule has 0 saturated carbocycles. The summed E-state index contributed by atoms with van der Waals surface area (Å²) < 4.78 is 126. The van der Waals surface area contributed by atoms with Crippen LogP contribution in [0.2, 0.25) is 0 Å². The van der Waals surface area contributed by atoms with E-state index in [-0.39, 0.29) is 29.2 Å². The van der Waals surface area contributed by atoms with E-state index in [9.17, 15) is 26.3 Å². The molecule has 0 saturated heterocycles. The maximum absolute atomic E-state index is 15.4. The minimum Gasteiger partial charge on any atom is -0.207 e. The molecule has 0 aliphatic rings. The van der Waals surface area contributed by atoms with Crippen LogP contribution in [0.3, 0.4) is 0 Å². The lowest BCUT2D eigenvalue weighted by molar-refractivity contribution is -0.0696. The highest BCUT2D eigenvalue weighted by Gasteiger charge is 2.24. The van der Waals surface area contributed by atoms with E-state index in [0.717, 1.165) is 35.7 Å². The molecular formula is C32H17F9. The Labute approximate surface area is 228 Å². The number of alkyl halides is 3. The molecule has 0 heterocycles.